The molecule has 0 saturated heterocycles. The number of sulfone groups is 1. The summed E-state index contributed by atoms with van der Waals surface area (Å²) in [4.78, 5) is 16.4. The highest BCUT2D eigenvalue weighted by Crippen LogP contribution is 2.34. The molecule has 2 aromatic heterocycles. The summed E-state index contributed by atoms with van der Waals surface area (Å²) in [6.45, 7) is 0.109. The Kier molecular flexibility index (Phi) is 6.00. The molecule has 2 aromatic carbocycles. The van der Waals surface area contributed by atoms with Crippen molar-refractivity contribution >= 4 is 38.1 Å². The first-order valence-electron chi connectivity index (χ1n) is 9.65. The van der Waals surface area contributed by atoms with Crippen molar-refractivity contribution in [1.29, 1.82) is 0 Å². The Morgan fingerprint density at radius 3 is 2.48 bits per heavy atom. The molecule has 2 heterocycles. The van der Waals surface area contributed by atoms with Crippen LogP contribution in [0, 0.1) is 0 Å². The van der Waals surface area contributed by atoms with Crippen LogP contribution in [0.1, 0.15) is 15.2 Å². The third-order valence-corrected chi connectivity index (χ3v) is 7.04. The average Bonchev–Trinajstić information content (AvgIpc) is 3.42. The molecule has 0 atom stereocenters. The summed E-state index contributed by atoms with van der Waals surface area (Å²) >= 11 is 1.19. The topological polar surface area (TPSA) is 123 Å². The summed E-state index contributed by atoms with van der Waals surface area (Å²) in [5, 5.41) is 1.72. The lowest BCUT2D eigenvalue weighted by atomic mass is 10.2. The zero-order chi connectivity index (χ0) is 23.8. The van der Waals surface area contributed by atoms with E-state index < -0.39 is 15.7 Å². The number of hydrogen-bond acceptors (Lipinski definition) is 8. The fourth-order valence-electron chi connectivity index (χ4n) is 3.43. The molecule has 0 fully saturated rings. The van der Waals surface area contributed by atoms with Gasteiger partial charge in [-0.25, -0.2) is 13.4 Å². The quantitative estimate of drug-likeness (QED) is 0.405. The predicted molar refractivity (Wildman–Crippen MR) is 124 cm³/mol. The number of nitrogens with zero attached hydrogens (tertiary/aromatic N) is 2. The van der Waals surface area contributed by atoms with Crippen molar-refractivity contribution in [3.63, 3.8) is 0 Å². The smallest absolute Gasteiger partial charge is 0.262 e. The van der Waals surface area contributed by atoms with Crippen LogP contribution in [0.4, 0.5) is 0 Å². The van der Waals surface area contributed by atoms with Crippen LogP contribution in [0.3, 0.4) is 0 Å². The van der Waals surface area contributed by atoms with E-state index in [-0.39, 0.29) is 11.5 Å². The minimum absolute atomic E-state index is 0.109. The Morgan fingerprint density at radius 1 is 1.09 bits per heavy atom. The molecule has 1 amide bonds. The minimum Gasteiger partial charge on any atom is -0.493 e. The van der Waals surface area contributed by atoms with Crippen molar-refractivity contribution in [3.05, 3.63) is 58.5 Å². The summed E-state index contributed by atoms with van der Waals surface area (Å²) in [7, 11) is -0.501. The molecular weight excluding hydrogens is 466 g/mol. The van der Waals surface area contributed by atoms with Crippen molar-refractivity contribution in [2.75, 3.05) is 20.5 Å². The van der Waals surface area contributed by atoms with Crippen LogP contribution in [0.5, 0.6) is 17.2 Å². The van der Waals surface area contributed by atoms with Crippen LogP contribution in [0.25, 0.3) is 16.7 Å². The van der Waals surface area contributed by atoms with E-state index in [9.17, 15) is 13.2 Å². The van der Waals surface area contributed by atoms with Gasteiger partial charge in [-0.3, -0.25) is 9.36 Å². The van der Waals surface area contributed by atoms with E-state index in [4.69, 9.17) is 19.9 Å². The van der Waals surface area contributed by atoms with E-state index in [2.05, 4.69) is 4.98 Å². The maximum absolute atomic E-state index is 12.5. The summed E-state index contributed by atoms with van der Waals surface area (Å²) in [5.41, 5.74) is 7.74. The van der Waals surface area contributed by atoms with E-state index in [1.54, 1.807) is 46.6 Å². The lowest BCUT2D eigenvalue weighted by Crippen LogP contribution is -2.11. The van der Waals surface area contributed by atoms with Crippen LogP contribution in [-0.4, -0.2) is 44.4 Å². The maximum Gasteiger partial charge on any atom is 0.262 e. The van der Waals surface area contributed by atoms with Crippen molar-refractivity contribution in [1.82, 2.24) is 9.55 Å². The molecule has 0 aliphatic carbocycles. The van der Waals surface area contributed by atoms with Gasteiger partial charge in [0.05, 0.1) is 35.8 Å². The van der Waals surface area contributed by atoms with Crippen LogP contribution in [0.15, 0.2) is 53.0 Å². The first kappa shape index (κ1) is 22.6. The second kappa shape index (κ2) is 8.75. The largest absolute Gasteiger partial charge is 0.493 e. The molecule has 172 valence electrons. The number of amides is 1. The highest BCUT2D eigenvalue weighted by Gasteiger charge is 2.19. The van der Waals surface area contributed by atoms with Crippen LogP contribution >= 0.6 is 11.3 Å². The number of carbonyl (C=O) groups excluding carboxylic acids is 1. The average molecular weight is 488 g/mol. The van der Waals surface area contributed by atoms with Gasteiger partial charge in [-0.15, -0.1) is 11.3 Å². The summed E-state index contributed by atoms with van der Waals surface area (Å²) in [6.07, 6.45) is 2.69. The number of aromatic nitrogens is 2. The number of nitrogens with two attached hydrogens (primary N) is 1. The normalized spacial score (nSPS) is 11.5. The third-order valence-electron chi connectivity index (χ3n) is 4.98. The van der Waals surface area contributed by atoms with Gasteiger partial charge in [0.2, 0.25) is 0 Å². The van der Waals surface area contributed by atoms with Crippen molar-refractivity contribution < 1.29 is 27.4 Å². The van der Waals surface area contributed by atoms with Crippen LogP contribution < -0.4 is 19.9 Å². The van der Waals surface area contributed by atoms with Crippen LogP contribution in [-0.2, 0) is 16.4 Å². The standard InChI is InChI=1S/C22H21N3O6S2/c1-29-18-9-14-15(10-19(18)30-2)25(12-24-14)16-8-13(4-5-20(16)33(3,27)28)11-31-17-6-7-32-21(17)22(23)26/h4-10,12H,11H2,1-3H3,(H2,23,26). The van der Waals surface area contributed by atoms with Crippen molar-refractivity contribution in [3.8, 4) is 22.9 Å². The van der Waals surface area contributed by atoms with Gasteiger partial charge < -0.3 is 19.9 Å². The number of methoxy groups -OCH3 is 2. The van der Waals surface area contributed by atoms with Crippen molar-refractivity contribution in [2.45, 2.75) is 11.5 Å². The summed E-state index contributed by atoms with van der Waals surface area (Å²) in [5.74, 6) is 0.818. The Morgan fingerprint density at radius 2 is 1.82 bits per heavy atom. The number of benzene rings is 2. The van der Waals surface area contributed by atoms with E-state index in [1.165, 1.54) is 31.6 Å². The van der Waals surface area contributed by atoms with Gasteiger partial charge in [-0.1, -0.05) is 6.07 Å². The van der Waals surface area contributed by atoms with Gasteiger partial charge in [-0.05, 0) is 29.1 Å². The Labute approximate surface area is 194 Å². The fraction of sp³-hybridized carbons (Fsp3) is 0.182. The van der Waals surface area contributed by atoms with E-state index in [0.717, 1.165) is 6.26 Å². The molecule has 4 aromatic rings. The molecule has 4 rings (SSSR count). The first-order valence-corrected chi connectivity index (χ1v) is 12.4. The lowest BCUT2D eigenvalue weighted by Gasteiger charge is -2.14. The molecule has 11 heteroatoms. The third kappa shape index (κ3) is 4.37. The SMILES string of the molecule is COc1cc2ncn(-c3cc(COc4ccsc4C(N)=O)ccc3S(C)(=O)=O)c2cc1OC. The molecule has 2 N–H and O–H groups in total. The molecule has 33 heavy (non-hydrogen) atoms. The fourth-order valence-corrected chi connectivity index (χ4v) is 4.97. The first-order chi connectivity index (χ1) is 15.7. The van der Waals surface area contributed by atoms with Crippen LogP contribution in [0.2, 0.25) is 0 Å². The predicted octanol–water partition coefficient (Wildman–Crippen LogP) is 3.19. The molecule has 0 unspecified atom stereocenters. The number of imidazole rings is 1. The van der Waals surface area contributed by atoms with Gasteiger partial charge in [-0.2, -0.15) is 0 Å². The number of hydrogen-bond donors (Lipinski definition) is 1. The maximum atomic E-state index is 12.5. The number of thiophene rings is 1. The zero-order valence-electron chi connectivity index (χ0n) is 18.1. The van der Waals surface area contributed by atoms with E-state index >= 15 is 0 Å². The number of carbonyl (C=O) groups is 1. The molecule has 9 nitrogen and oxygen atoms in total. The highest BCUT2D eigenvalue weighted by atomic mass is 32.2. The van der Waals surface area contributed by atoms with Gasteiger partial charge in [0, 0.05) is 18.4 Å². The molecule has 0 radical (unpaired) electrons. The van der Waals surface area contributed by atoms with Gasteiger partial charge >= 0.3 is 0 Å². The van der Waals surface area contributed by atoms with Gasteiger partial charge in [0.15, 0.2) is 21.3 Å². The minimum atomic E-state index is -3.55. The molecule has 0 aliphatic heterocycles. The second-order valence-corrected chi connectivity index (χ2v) is 10.1. The van der Waals surface area contributed by atoms with Gasteiger partial charge in [0.1, 0.15) is 23.6 Å². The highest BCUT2D eigenvalue weighted by molar-refractivity contribution is 7.90. The van der Waals surface area contributed by atoms with E-state index in [0.29, 0.717) is 44.4 Å². The molecule has 0 bridgehead atoms. The number of ether oxygens (including phenoxy) is 3. The molecule has 0 aliphatic rings. The Hall–Kier alpha value is -3.57. The number of rotatable bonds is 8. The molecule has 0 saturated carbocycles. The monoisotopic (exact) mass is 487 g/mol. The zero-order valence-corrected chi connectivity index (χ0v) is 19.7. The van der Waals surface area contributed by atoms with E-state index in [1.807, 2.05) is 0 Å². The Bertz CT molecular complexity index is 1460. The van der Waals surface area contributed by atoms with Crippen molar-refractivity contribution in [2.24, 2.45) is 5.73 Å². The summed E-state index contributed by atoms with van der Waals surface area (Å²) in [6, 6.07) is 10.0. The van der Waals surface area contributed by atoms with Gasteiger partial charge in [0.25, 0.3) is 5.91 Å². The Balaban J connectivity index is 1.80. The summed E-state index contributed by atoms with van der Waals surface area (Å²) < 4.78 is 43.2. The lowest BCUT2D eigenvalue weighted by molar-refractivity contribution is 0.1000. The molecular formula is C22H21N3O6S2. The second-order valence-electron chi connectivity index (χ2n) is 7.15. The number of primary amides is 1. The molecule has 0 spiro atoms. The number of fused-ring (bicyclic) bond motifs is 1.